The number of aromatic amines is 2. The molecule has 1 aromatic heterocycles. The van der Waals surface area contributed by atoms with E-state index in [-0.39, 0.29) is 18.8 Å². The number of nitrogens with zero attached hydrogens (tertiary/aromatic N) is 1. The summed E-state index contributed by atoms with van der Waals surface area (Å²) in [7, 11) is 0. The highest BCUT2D eigenvalue weighted by Gasteiger charge is 2.36. The first-order chi connectivity index (χ1) is 6.57. The van der Waals surface area contributed by atoms with E-state index < -0.39 is 5.92 Å². The molecule has 0 unspecified atom stereocenters. The second-order valence-corrected chi connectivity index (χ2v) is 4.07. The van der Waals surface area contributed by atoms with Crippen LogP contribution in [0.5, 0.6) is 0 Å². The quantitative estimate of drug-likeness (QED) is 0.713. The topological polar surface area (TPSA) is 44.5 Å². The molecular weight excluding hydrogens is 208 g/mol. The second kappa shape index (κ2) is 3.42. The summed E-state index contributed by atoms with van der Waals surface area (Å²) in [6, 6.07) is 0. The van der Waals surface area contributed by atoms with Crippen molar-refractivity contribution in [2.24, 2.45) is 0 Å². The van der Waals surface area contributed by atoms with Crippen molar-refractivity contribution in [2.45, 2.75) is 37.5 Å². The highest BCUT2D eigenvalue weighted by atomic mass is 32.1. The first-order valence-electron chi connectivity index (χ1n) is 4.59. The van der Waals surface area contributed by atoms with Crippen LogP contribution in [0.4, 0.5) is 8.78 Å². The van der Waals surface area contributed by atoms with Gasteiger partial charge in [-0.15, -0.1) is 0 Å². The van der Waals surface area contributed by atoms with Crippen LogP contribution < -0.4 is 0 Å². The molecule has 0 radical (unpaired) electrons. The Hall–Kier alpha value is -0.780. The zero-order valence-corrected chi connectivity index (χ0v) is 8.33. The summed E-state index contributed by atoms with van der Waals surface area (Å²) in [5.74, 6) is -1.67. The maximum atomic E-state index is 12.8. The molecule has 0 aromatic carbocycles. The van der Waals surface area contributed by atoms with Gasteiger partial charge in [-0.25, -0.2) is 13.8 Å². The fourth-order valence-electron chi connectivity index (χ4n) is 1.79. The normalized spacial score (nSPS) is 22.4. The van der Waals surface area contributed by atoms with Crippen molar-refractivity contribution in [1.82, 2.24) is 15.2 Å². The highest BCUT2D eigenvalue weighted by molar-refractivity contribution is 7.71. The van der Waals surface area contributed by atoms with E-state index in [4.69, 9.17) is 12.2 Å². The number of alkyl halides is 2. The van der Waals surface area contributed by atoms with Gasteiger partial charge in [0.05, 0.1) is 0 Å². The van der Waals surface area contributed by atoms with Gasteiger partial charge in [0.25, 0.3) is 0 Å². The average molecular weight is 219 g/mol. The van der Waals surface area contributed by atoms with E-state index in [9.17, 15) is 8.78 Å². The van der Waals surface area contributed by atoms with Crippen molar-refractivity contribution in [3.63, 3.8) is 0 Å². The molecule has 6 heteroatoms. The molecule has 2 rings (SSSR count). The molecule has 2 N–H and O–H groups in total. The molecule has 3 nitrogen and oxygen atoms in total. The number of halogens is 2. The van der Waals surface area contributed by atoms with Crippen molar-refractivity contribution in [2.75, 3.05) is 0 Å². The second-order valence-electron chi connectivity index (χ2n) is 3.68. The Morgan fingerprint density at radius 2 is 1.93 bits per heavy atom. The standard InChI is InChI=1S/C8H11F2N3S/c9-8(10)3-1-5(2-4-8)6-11-7(14)13-12-6/h5H,1-4H2,(H2,11,12,13,14). The summed E-state index contributed by atoms with van der Waals surface area (Å²) in [4.78, 5) is 4.04. The summed E-state index contributed by atoms with van der Waals surface area (Å²) in [6.07, 6.45) is 0.850. The highest BCUT2D eigenvalue weighted by Crippen LogP contribution is 2.39. The van der Waals surface area contributed by atoms with Gasteiger partial charge in [-0.05, 0) is 25.1 Å². The van der Waals surface area contributed by atoms with Crippen molar-refractivity contribution in [3.8, 4) is 0 Å². The Balaban J connectivity index is 2.06. The van der Waals surface area contributed by atoms with Crippen molar-refractivity contribution < 1.29 is 8.78 Å². The molecular formula is C8H11F2N3S. The molecule has 0 atom stereocenters. The minimum Gasteiger partial charge on any atom is -0.285 e. The Bertz CT molecular complexity index is 361. The maximum Gasteiger partial charge on any atom is 0.248 e. The minimum absolute atomic E-state index is 0.0505. The summed E-state index contributed by atoms with van der Waals surface area (Å²) in [5.41, 5.74) is 0. The zero-order chi connectivity index (χ0) is 10.2. The molecule has 1 aromatic rings. The fraction of sp³-hybridized carbons (Fsp3) is 0.750. The van der Waals surface area contributed by atoms with Crippen LogP contribution in [0.25, 0.3) is 0 Å². The van der Waals surface area contributed by atoms with E-state index in [0.717, 1.165) is 0 Å². The van der Waals surface area contributed by atoms with E-state index in [2.05, 4.69) is 15.2 Å². The third kappa shape index (κ3) is 2.00. The first kappa shape index (κ1) is 9.76. The van der Waals surface area contributed by atoms with Gasteiger partial charge in [0.2, 0.25) is 10.7 Å². The van der Waals surface area contributed by atoms with Crippen molar-refractivity contribution in [1.29, 1.82) is 0 Å². The molecule has 0 bridgehead atoms. The van der Waals surface area contributed by atoms with Gasteiger partial charge in [-0.3, -0.25) is 10.2 Å². The molecule has 1 saturated carbocycles. The van der Waals surface area contributed by atoms with Gasteiger partial charge in [0.1, 0.15) is 5.82 Å². The fourth-order valence-corrected chi connectivity index (χ4v) is 1.94. The summed E-state index contributed by atoms with van der Waals surface area (Å²) in [5, 5.41) is 5.50. The zero-order valence-electron chi connectivity index (χ0n) is 7.52. The van der Waals surface area contributed by atoms with E-state index in [1.54, 1.807) is 0 Å². The van der Waals surface area contributed by atoms with Gasteiger partial charge in [0, 0.05) is 18.8 Å². The van der Waals surface area contributed by atoms with Gasteiger partial charge in [0.15, 0.2) is 0 Å². The molecule has 1 aliphatic rings. The molecule has 14 heavy (non-hydrogen) atoms. The molecule has 0 spiro atoms. The Morgan fingerprint density at radius 3 is 2.43 bits per heavy atom. The van der Waals surface area contributed by atoms with Gasteiger partial charge < -0.3 is 0 Å². The molecule has 0 amide bonds. The summed E-state index contributed by atoms with van der Waals surface area (Å²) < 4.78 is 26.1. The molecule has 1 heterocycles. The first-order valence-corrected chi connectivity index (χ1v) is 5.00. The largest absolute Gasteiger partial charge is 0.285 e. The van der Waals surface area contributed by atoms with E-state index >= 15 is 0 Å². The van der Waals surface area contributed by atoms with E-state index in [1.807, 2.05) is 0 Å². The van der Waals surface area contributed by atoms with Gasteiger partial charge in [-0.2, -0.15) is 0 Å². The lowest BCUT2D eigenvalue weighted by Gasteiger charge is -2.26. The van der Waals surface area contributed by atoms with Crippen LogP contribution >= 0.6 is 12.2 Å². The number of rotatable bonds is 1. The lowest BCUT2D eigenvalue weighted by molar-refractivity contribution is -0.0387. The maximum absolute atomic E-state index is 12.8. The third-order valence-electron chi connectivity index (χ3n) is 2.62. The van der Waals surface area contributed by atoms with Crippen LogP contribution in [-0.4, -0.2) is 21.1 Å². The van der Waals surface area contributed by atoms with Crippen LogP contribution in [0.2, 0.25) is 0 Å². The number of hydrogen-bond acceptors (Lipinski definition) is 2. The third-order valence-corrected chi connectivity index (χ3v) is 2.82. The van der Waals surface area contributed by atoms with Gasteiger partial charge >= 0.3 is 0 Å². The number of nitrogens with one attached hydrogen (secondary N) is 2. The van der Waals surface area contributed by atoms with Crippen LogP contribution in [0.3, 0.4) is 0 Å². The number of aromatic nitrogens is 3. The molecule has 78 valence electrons. The Morgan fingerprint density at radius 1 is 1.29 bits per heavy atom. The molecule has 1 aliphatic carbocycles. The van der Waals surface area contributed by atoms with Crippen LogP contribution in [0, 0.1) is 4.77 Å². The average Bonchev–Trinajstić information content (AvgIpc) is 2.52. The molecule has 0 saturated heterocycles. The number of H-pyrrole nitrogens is 2. The monoisotopic (exact) mass is 219 g/mol. The minimum atomic E-state index is -2.48. The van der Waals surface area contributed by atoms with Crippen LogP contribution in [-0.2, 0) is 0 Å². The van der Waals surface area contributed by atoms with Crippen molar-refractivity contribution in [3.05, 3.63) is 10.6 Å². The van der Waals surface area contributed by atoms with Crippen molar-refractivity contribution >= 4 is 12.2 Å². The van der Waals surface area contributed by atoms with E-state index in [1.165, 1.54) is 0 Å². The van der Waals surface area contributed by atoms with Crippen LogP contribution in [0.1, 0.15) is 37.4 Å². The SMILES string of the molecule is FC1(F)CCC(c2nc(=S)[nH][nH]2)CC1. The Kier molecular flexibility index (Phi) is 2.38. The molecule has 1 fully saturated rings. The molecule has 0 aliphatic heterocycles. The lowest BCUT2D eigenvalue weighted by Crippen LogP contribution is -2.24. The van der Waals surface area contributed by atoms with Crippen LogP contribution in [0.15, 0.2) is 0 Å². The van der Waals surface area contributed by atoms with E-state index in [0.29, 0.717) is 23.4 Å². The Labute approximate surface area is 84.9 Å². The van der Waals surface area contributed by atoms with Gasteiger partial charge in [-0.1, -0.05) is 0 Å². The lowest BCUT2D eigenvalue weighted by atomic mass is 9.86. The summed E-state index contributed by atoms with van der Waals surface area (Å²) in [6.45, 7) is 0. The summed E-state index contributed by atoms with van der Waals surface area (Å²) >= 11 is 4.80. The smallest absolute Gasteiger partial charge is 0.248 e. The predicted molar refractivity (Wildman–Crippen MR) is 49.9 cm³/mol. The number of hydrogen-bond donors (Lipinski definition) is 2. The predicted octanol–water partition coefficient (Wildman–Crippen LogP) is 2.76.